The van der Waals surface area contributed by atoms with Crippen molar-refractivity contribution in [3.63, 3.8) is 0 Å². The number of para-hydroxylation sites is 1. The first kappa shape index (κ1) is 11.5. The zero-order valence-corrected chi connectivity index (χ0v) is 10.5. The molecule has 0 amide bonds. The van der Waals surface area contributed by atoms with E-state index in [9.17, 15) is 0 Å². The smallest absolute Gasteiger partial charge is 0.0626 e. The molecule has 0 radical (unpaired) electrons. The number of benzene rings is 1. The van der Waals surface area contributed by atoms with Gasteiger partial charge in [-0.3, -0.25) is 4.98 Å². The number of pyridine rings is 1. The minimum absolute atomic E-state index is 0.707. The van der Waals surface area contributed by atoms with Crippen molar-refractivity contribution >= 4 is 11.4 Å². The summed E-state index contributed by atoms with van der Waals surface area (Å²) < 4.78 is 0. The molecule has 94 valence electrons. The SMILES string of the molecule is NC1=CC=C(c2ccncc2)N(c2ccccc2)C1. The normalized spacial score (nSPS) is 14.8. The molecule has 0 atom stereocenters. The van der Waals surface area contributed by atoms with Crippen molar-refractivity contribution in [1.29, 1.82) is 0 Å². The largest absolute Gasteiger partial charge is 0.401 e. The van der Waals surface area contributed by atoms with E-state index in [1.165, 1.54) is 0 Å². The third-order valence-electron chi connectivity index (χ3n) is 3.13. The maximum absolute atomic E-state index is 5.97. The summed E-state index contributed by atoms with van der Waals surface area (Å²) in [5, 5.41) is 0. The summed E-state index contributed by atoms with van der Waals surface area (Å²) in [7, 11) is 0. The number of nitrogens with zero attached hydrogens (tertiary/aromatic N) is 2. The van der Waals surface area contributed by atoms with Crippen LogP contribution in [-0.2, 0) is 0 Å². The number of anilines is 1. The second-order valence-corrected chi connectivity index (χ2v) is 4.45. The zero-order valence-electron chi connectivity index (χ0n) is 10.5. The van der Waals surface area contributed by atoms with E-state index in [-0.39, 0.29) is 0 Å². The lowest BCUT2D eigenvalue weighted by Gasteiger charge is -2.30. The molecule has 2 N–H and O–H groups in total. The number of nitrogens with two attached hydrogens (primary N) is 1. The highest BCUT2D eigenvalue weighted by atomic mass is 15.2. The predicted octanol–water partition coefficient (Wildman–Crippen LogP) is 2.79. The Morgan fingerprint density at radius 2 is 1.68 bits per heavy atom. The van der Waals surface area contributed by atoms with Crippen molar-refractivity contribution in [3.05, 3.63) is 78.3 Å². The van der Waals surface area contributed by atoms with Crippen molar-refractivity contribution in [2.24, 2.45) is 5.73 Å². The van der Waals surface area contributed by atoms with Crippen LogP contribution in [0.3, 0.4) is 0 Å². The molecule has 1 aromatic carbocycles. The lowest BCUT2D eigenvalue weighted by Crippen LogP contribution is -2.29. The third-order valence-corrected chi connectivity index (χ3v) is 3.13. The van der Waals surface area contributed by atoms with Gasteiger partial charge >= 0.3 is 0 Å². The summed E-state index contributed by atoms with van der Waals surface area (Å²) in [6.07, 6.45) is 7.64. The molecular weight excluding hydrogens is 234 g/mol. The quantitative estimate of drug-likeness (QED) is 0.890. The Morgan fingerprint density at radius 1 is 0.947 bits per heavy atom. The van der Waals surface area contributed by atoms with E-state index in [4.69, 9.17) is 5.73 Å². The summed E-state index contributed by atoms with van der Waals surface area (Å²) in [5.74, 6) is 0. The van der Waals surface area contributed by atoms with Crippen LogP contribution in [0.2, 0.25) is 0 Å². The van der Waals surface area contributed by atoms with Gasteiger partial charge in [-0.2, -0.15) is 0 Å². The molecule has 3 heteroatoms. The lowest BCUT2D eigenvalue weighted by atomic mass is 10.1. The molecule has 1 aliphatic rings. The Bertz CT molecular complexity index is 615. The van der Waals surface area contributed by atoms with Gasteiger partial charge in [-0.1, -0.05) is 18.2 Å². The highest BCUT2D eigenvalue weighted by Gasteiger charge is 2.17. The molecule has 0 aliphatic carbocycles. The minimum Gasteiger partial charge on any atom is -0.401 e. The first-order valence-electron chi connectivity index (χ1n) is 6.24. The summed E-state index contributed by atoms with van der Waals surface area (Å²) in [6, 6.07) is 14.3. The van der Waals surface area contributed by atoms with Crippen molar-refractivity contribution in [2.45, 2.75) is 0 Å². The molecule has 0 saturated carbocycles. The van der Waals surface area contributed by atoms with E-state index in [1.807, 2.05) is 36.4 Å². The Hall–Kier alpha value is -2.55. The maximum Gasteiger partial charge on any atom is 0.0626 e. The summed E-state index contributed by atoms with van der Waals surface area (Å²) in [4.78, 5) is 6.28. The molecule has 2 heterocycles. The van der Waals surface area contributed by atoms with Crippen molar-refractivity contribution in [3.8, 4) is 0 Å². The fourth-order valence-electron chi connectivity index (χ4n) is 2.21. The van der Waals surface area contributed by atoms with E-state index in [0.717, 1.165) is 22.6 Å². The first-order valence-corrected chi connectivity index (χ1v) is 6.24. The van der Waals surface area contributed by atoms with Gasteiger partial charge in [-0.15, -0.1) is 0 Å². The van der Waals surface area contributed by atoms with Gasteiger partial charge in [0.05, 0.1) is 6.54 Å². The Labute approximate surface area is 112 Å². The third kappa shape index (κ3) is 2.36. The summed E-state index contributed by atoms with van der Waals surface area (Å²) in [6.45, 7) is 0.707. The molecule has 3 nitrogen and oxygen atoms in total. The van der Waals surface area contributed by atoms with Gasteiger partial charge in [0, 0.05) is 35.0 Å². The maximum atomic E-state index is 5.97. The van der Waals surface area contributed by atoms with E-state index >= 15 is 0 Å². The molecule has 0 fully saturated rings. The number of rotatable bonds is 2. The molecule has 0 saturated heterocycles. The number of allylic oxidation sites excluding steroid dienone is 2. The predicted molar refractivity (Wildman–Crippen MR) is 78.3 cm³/mol. The Morgan fingerprint density at radius 3 is 2.42 bits per heavy atom. The van der Waals surface area contributed by atoms with Crippen LogP contribution in [0.1, 0.15) is 5.56 Å². The van der Waals surface area contributed by atoms with Crippen LogP contribution in [0.4, 0.5) is 5.69 Å². The van der Waals surface area contributed by atoms with Gasteiger partial charge in [-0.05, 0) is 36.4 Å². The zero-order chi connectivity index (χ0) is 13.1. The van der Waals surface area contributed by atoms with Crippen LogP contribution in [0.15, 0.2) is 72.7 Å². The Balaban J connectivity index is 2.04. The standard InChI is InChI=1S/C16H15N3/c17-14-6-7-16(13-8-10-18-11-9-13)19(12-14)15-4-2-1-3-5-15/h1-11H,12,17H2. The highest BCUT2D eigenvalue weighted by Crippen LogP contribution is 2.28. The van der Waals surface area contributed by atoms with Gasteiger partial charge in [0.1, 0.15) is 0 Å². The van der Waals surface area contributed by atoms with Gasteiger partial charge in [-0.25, -0.2) is 0 Å². The Kier molecular flexibility index (Phi) is 3.02. The first-order chi connectivity index (χ1) is 9.34. The van der Waals surface area contributed by atoms with Crippen LogP contribution in [0.25, 0.3) is 5.70 Å². The van der Waals surface area contributed by atoms with Gasteiger partial charge < -0.3 is 10.6 Å². The fraction of sp³-hybridized carbons (Fsp3) is 0.0625. The van der Waals surface area contributed by atoms with Crippen LogP contribution in [0, 0.1) is 0 Å². The number of aromatic nitrogens is 1. The second kappa shape index (κ2) is 4.98. The molecule has 0 unspecified atom stereocenters. The average Bonchev–Trinajstić information content (AvgIpc) is 2.49. The second-order valence-electron chi connectivity index (χ2n) is 4.45. The molecule has 1 aromatic heterocycles. The van der Waals surface area contributed by atoms with Crippen LogP contribution < -0.4 is 10.6 Å². The van der Waals surface area contributed by atoms with E-state index < -0.39 is 0 Å². The molecule has 0 bridgehead atoms. The van der Waals surface area contributed by atoms with Crippen LogP contribution in [-0.4, -0.2) is 11.5 Å². The average molecular weight is 249 g/mol. The summed E-state index contributed by atoms with van der Waals surface area (Å²) in [5.41, 5.74) is 10.3. The molecule has 0 spiro atoms. The fourth-order valence-corrected chi connectivity index (χ4v) is 2.21. The molecule has 2 aromatic rings. The van der Waals surface area contributed by atoms with Crippen molar-refractivity contribution < 1.29 is 0 Å². The van der Waals surface area contributed by atoms with Crippen molar-refractivity contribution in [2.75, 3.05) is 11.4 Å². The molecule has 19 heavy (non-hydrogen) atoms. The number of hydrogen-bond acceptors (Lipinski definition) is 3. The lowest BCUT2D eigenvalue weighted by molar-refractivity contribution is 1.01. The van der Waals surface area contributed by atoms with Gasteiger partial charge in [0.15, 0.2) is 0 Å². The van der Waals surface area contributed by atoms with Gasteiger partial charge in [0.25, 0.3) is 0 Å². The minimum atomic E-state index is 0.707. The monoisotopic (exact) mass is 249 g/mol. The molecule has 1 aliphatic heterocycles. The van der Waals surface area contributed by atoms with E-state index in [1.54, 1.807) is 12.4 Å². The van der Waals surface area contributed by atoms with Crippen LogP contribution in [0.5, 0.6) is 0 Å². The highest BCUT2D eigenvalue weighted by molar-refractivity contribution is 5.82. The van der Waals surface area contributed by atoms with Crippen molar-refractivity contribution in [1.82, 2.24) is 4.98 Å². The van der Waals surface area contributed by atoms with E-state index in [2.05, 4.69) is 28.1 Å². The molecule has 3 rings (SSSR count). The molecular formula is C16H15N3. The van der Waals surface area contributed by atoms with E-state index in [0.29, 0.717) is 6.54 Å². The van der Waals surface area contributed by atoms with Gasteiger partial charge in [0.2, 0.25) is 0 Å². The van der Waals surface area contributed by atoms with Crippen LogP contribution >= 0.6 is 0 Å². The summed E-state index contributed by atoms with van der Waals surface area (Å²) >= 11 is 0. The topological polar surface area (TPSA) is 42.1 Å². The number of hydrogen-bond donors (Lipinski definition) is 1.